The smallest absolute Gasteiger partial charge is 0.387 e. The van der Waals surface area contributed by atoms with Gasteiger partial charge in [-0.25, -0.2) is 0 Å². The quantitative estimate of drug-likeness (QED) is 0.706. The molecule has 1 amide bonds. The molecule has 3 rings (SSSR count). The van der Waals surface area contributed by atoms with Crippen molar-refractivity contribution in [3.05, 3.63) is 59.7 Å². The molecule has 1 atom stereocenters. The summed E-state index contributed by atoms with van der Waals surface area (Å²) in [5.74, 6) is 0.556. The van der Waals surface area contributed by atoms with E-state index < -0.39 is 6.61 Å². The van der Waals surface area contributed by atoms with Crippen LogP contribution in [-0.2, 0) is 11.2 Å². The van der Waals surface area contributed by atoms with Gasteiger partial charge >= 0.3 is 6.61 Å². The van der Waals surface area contributed by atoms with Crippen molar-refractivity contribution in [1.29, 1.82) is 0 Å². The van der Waals surface area contributed by atoms with E-state index >= 15 is 0 Å². The van der Waals surface area contributed by atoms with Gasteiger partial charge < -0.3 is 19.5 Å². The van der Waals surface area contributed by atoms with Crippen LogP contribution in [0.1, 0.15) is 28.8 Å². The first-order valence-corrected chi connectivity index (χ1v) is 9.26. The minimum Gasteiger partial charge on any atom is -0.491 e. The predicted octanol–water partition coefficient (Wildman–Crippen LogP) is 3.82. The summed E-state index contributed by atoms with van der Waals surface area (Å²) in [4.78, 5) is 12.3. The van der Waals surface area contributed by atoms with Crippen LogP contribution < -0.4 is 14.8 Å². The van der Waals surface area contributed by atoms with Crippen molar-refractivity contribution in [3.8, 4) is 11.5 Å². The molecule has 0 saturated carbocycles. The number of halogens is 2. The van der Waals surface area contributed by atoms with E-state index in [2.05, 4.69) is 10.1 Å². The number of rotatable bonds is 9. The normalized spacial score (nSPS) is 16.2. The maximum Gasteiger partial charge on any atom is 0.387 e. The van der Waals surface area contributed by atoms with E-state index in [1.165, 1.54) is 12.1 Å². The average molecular weight is 391 g/mol. The van der Waals surface area contributed by atoms with Gasteiger partial charge in [0.1, 0.15) is 18.1 Å². The predicted molar refractivity (Wildman–Crippen MR) is 100 cm³/mol. The van der Waals surface area contributed by atoms with Gasteiger partial charge in [-0.15, -0.1) is 0 Å². The highest BCUT2D eigenvalue weighted by molar-refractivity contribution is 5.94. The van der Waals surface area contributed by atoms with E-state index in [-0.39, 0.29) is 17.8 Å². The summed E-state index contributed by atoms with van der Waals surface area (Å²) >= 11 is 0. The first-order valence-electron chi connectivity index (χ1n) is 9.26. The standard InChI is InChI=1S/C21H23F2NO4/c22-21(23)28-17-8-6-15(7-9-17)10-11-24-20(25)16-3-1-4-18(13-16)27-14-19-5-2-12-26-19/h1,3-4,6-9,13,19,21H,2,5,10-12,14H2,(H,24,25). The Kier molecular flexibility index (Phi) is 7.19. The number of amides is 1. The third-order valence-corrected chi connectivity index (χ3v) is 4.40. The minimum absolute atomic E-state index is 0.114. The molecule has 1 saturated heterocycles. The molecule has 0 spiro atoms. The van der Waals surface area contributed by atoms with Crippen LogP contribution in [0.4, 0.5) is 8.78 Å². The highest BCUT2D eigenvalue weighted by Gasteiger charge is 2.16. The molecule has 1 heterocycles. The Bertz CT molecular complexity index is 761. The summed E-state index contributed by atoms with van der Waals surface area (Å²) in [5, 5.41) is 2.85. The fourth-order valence-corrected chi connectivity index (χ4v) is 2.95. The molecule has 1 aliphatic heterocycles. The SMILES string of the molecule is O=C(NCCc1ccc(OC(F)F)cc1)c1cccc(OCC2CCCO2)c1. The zero-order chi connectivity index (χ0) is 19.8. The van der Waals surface area contributed by atoms with Crippen LogP contribution in [0, 0.1) is 0 Å². The Morgan fingerprint density at radius 3 is 2.71 bits per heavy atom. The van der Waals surface area contributed by atoms with Crippen LogP contribution in [0.25, 0.3) is 0 Å². The molecule has 150 valence electrons. The van der Waals surface area contributed by atoms with Gasteiger partial charge in [0.25, 0.3) is 5.91 Å². The maximum atomic E-state index is 12.3. The van der Waals surface area contributed by atoms with Crippen molar-refractivity contribution in [2.75, 3.05) is 19.8 Å². The van der Waals surface area contributed by atoms with Gasteiger partial charge in [0, 0.05) is 18.7 Å². The number of hydrogen-bond donors (Lipinski definition) is 1. The van der Waals surface area contributed by atoms with Crippen LogP contribution in [0.5, 0.6) is 11.5 Å². The Morgan fingerprint density at radius 2 is 2.00 bits per heavy atom. The molecule has 7 heteroatoms. The van der Waals surface area contributed by atoms with E-state index in [0.717, 1.165) is 25.0 Å². The van der Waals surface area contributed by atoms with E-state index in [4.69, 9.17) is 9.47 Å². The molecule has 1 fully saturated rings. The Balaban J connectivity index is 1.44. The van der Waals surface area contributed by atoms with Crippen molar-refractivity contribution < 1.29 is 27.8 Å². The Hall–Kier alpha value is -2.67. The molecule has 5 nitrogen and oxygen atoms in total. The summed E-state index contributed by atoms with van der Waals surface area (Å²) in [6.45, 7) is -1.15. The minimum atomic E-state index is -2.84. The topological polar surface area (TPSA) is 56.8 Å². The summed E-state index contributed by atoms with van der Waals surface area (Å²) in [7, 11) is 0. The van der Waals surface area contributed by atoms with Crippen LogP contribution in [0.3, 0.4) is 0 Å². The summed E-state index contributed by atoms with van der Waals surface area (Å²) in [6.07, 6.45) is 2.75. The maximum absolute atomic E-state index is 12.3. The molecule has 1 aliphatic rings. The van der Waals surface area contributed by atoms with E-state index in [0.29, 0.717) is 30.9 Å². The van der Waals surface area contributed by atoms with Crippen LogP contribution in [-0.4, -0.2) is 38.4 Å². The van der Waals surface area contributed by atoms with Crippen molar-refractivity contribution >= 4 is 5.91 Å². The Labute approximate surface area is 162 Å². The zero-order valence-corrected chi connectivity index (χ0v) is 15.4. The fraction of sp³-hybridized carbons (Fsp3) is 0.381. The second-order valence-electron chi connectivity index (χ2n) is 6.50. The first-order chi connectivity index (χ1) is 13.6. The molecule has 2 aromatic rings. The number of hydrogen-bond acceptors (Lipinski definition) is 4. The highest BCUT2D eigenvalue weighted by atomic mass is 19.3. The van der Waals surface area contributed by atoms with Gasteiger partial charge in [0.15, 0.2) is 0 Å². The van der Waals surface area contributed by atoms with E-state index in [1.807, 2.05) is 6.07 Å². The fourth-order valence-electron chi connectivity index (χ4n) is 2.95. The number of alkyl halides is 2. The number of ether oxygens (including phenoxy) is 3. The molecular weight excluding hydrogens is 368 g/mol. The third-order valence-electron chi connectivity index (χ3n) is 4.40. The van der Waals surface area contributed by atoms with Crippen molar-refractivity contribution in [1.82, 2.24) is 5.32 Å². The lowest BCUT2D eigenvalue weighted by molar-refractivity contribution is -0.0498. The third kappa shape index (κ3) is 6.20. The largest absolute Gasteiger partial charge is 0.491 e. The Morgan fingerprint density at radius 1 is 1.18 bits per heavy atom. The van der Waals surface area contributed by atoms with Crippen LogP contribution in [0.2, 0.25) is 0 Å². The lowest BCUT2D eigenvalue weighted by atomic mass is 10.1. The van der Waals surface area contributed by atoms with Gasteiger partial charge in [-0.3, -0.25) is 4.79 Å². The molecular formula is C21H23F2NO4. The summed E-state index contributed by atoms with van der Waals surface area (Å²) < 4.78 is 39.8. The molecule has 0 radical (unpaired) electrons. The molecule has 28 heavy (non-hydrogen) atoms. The lowest BCUT2D eigenvalue weighted by Gasteiger charge is -2.12. The van der Waals surface area contributed by atoms with E-state index in [9.17, 15) is 13.6 Å². The van der Waals surface area contributed by atoms with Crippen molar-refractivity contribution in [2.45, 2.75) is 32.0 Å². The van der Waals surface area contributed by atoms with Gasteiger partial charge in [0.2, 0.25) is 0 Å². The first kappa shape index (κ1) is 20.1. The van der Waals surface area contributed by atoms with Crippen molar-refractivity contribution in [2.24, 2.45) is 0 Å². The van der Waals surface area contributed by atoms with Crippen molar-refractivity contribution in [3.63, 3.8) is 0 Å². The van der Waals surface area contributed by atoms with Gasteiger partial charge in [-0.2, -0.15) is 8.78 Å². The summed E-state index contributed by atoms with van der Waals surface area (Å²) in [6, 6.07) is 13.4. The summed E-state index contributed by atoms with van der Waals surface area (Å²) in [5.41, 5.74) is 1.43. The van der Waals surface area contributed by atoms with Gasteiger partial charge in [0.05, 0.1) is 6.10 Å². The number of nitrogens with one attached hydrogen (secondary N) is 1. The second kappa shape index (κ2) is 10.0. The van der Waals surface area contributed by atoms with Gasteiger partial charge in [-0.05, 0) is 55.2 Å². The monoisotopic (exact) mass is 391 g/mol. The molecule has 0 aromatic heterocycles. The zero-order valence-electron chi connectivity index (χ0n) is 15.4. The average Bonchev–Trinajstić information content (AvgIpc) is 3.21. The van der Waals surface area contributed by atoms with Gasteiger partial charge in [-0.1, -0.05) is 18.2 Å². The highest BCUT2D eigenvalue weighted by Crippen LogP contribution is 2.18. The van der Waals surface area contributed by atoms with Crippen LogP contribution >= 0.6 is 0 Å². The second-order valence-corrected chi connectivity index (χ2v) is 6.50. The molecule has 1 unspecified atom stereocenters. The molecule has 2 aromatic carbocycles. The lowest BCUT2D eigenvalue weighted by Crippen LogP contribution is -2.25. The van der Waals surface area contributed by atoms with E-state index in [1.54, 1.807) is 30.3 Å². The number of carbonyl (C=O) groups excluding carboxylic acids is 1. The number of benzene rings is 2. The number of carbonyl (C=O) groups is 1. The molecule has 0 aliphatic carbocycles. The molecule has 0 bridgehead atoms. The van der Waals surface area contributed by atoms with Crippen LogP contribution in [0.15, 0.2) is 48.5 Å². The molecule has 1 N–H and O–H groups in total.